The molecule has 24 heavy (non-hydrogen) atoms. The van der Waals surface area contributed by atoms with Gasteiger partial charge in [0, 0.05) is 16.8 Å². The van der Waals surface area contributed by atoms with Gasteiger partial charge in [0.15, 0.2) is 5.82 Å². The molecular weight excluding hydrogens is 300 g/mol. The van der Waals surface area contributed by atoms with E-state index < -0.39 is 0 Å². The quantitative estimate of drug-likeness (QED) is 0.811. The highest BCUT2D eigenvalue weighted by Gasteiger charge is 2.21. The summed E-state index contributed by atoms with van der Waals surface area (Å²) in [5.41, 5.74) is 3.76. The average Bonchev–Trinajstić information content (AvgIpc) is 3.18. The van der Waals surface area contributed by atoms with Crippen molar-refractivity contribution < 1.29 is 4.79 Å². The minimum Gasteiger partial charge on any atom is -0.298 e. The zero-order chi connectivity index (χ0) is 16.7. The van der Waals surface area contributed by atoms with Gasteiger partial charge in [-0.25, -0.2) is 14.7 Å². The smallest absolute Gasteiger partial charge is 0.176 e. The summed E-state index contributed by atoms with van der Waals surface area (Å²) in [4.78, 5) is 20.3. The van der Waals surface area contributed by atoms with E-state index in [-0.39, 0.29) is 6.04 Å². The Balaban J connectivity index is 1.93. The molecule has 0 bridgehead atoms. The van der Waals surface area contributed by atoms with Gasteiger partial charge < -0.3 is 0 Å². The molecule has 2 aliphatic rings. The maximum Gasteiger partial charge on any atom is 0.176 e. The molecule has 1 aromatic carbocycles. The molecule has 1 aliphatic carbocycles. The van der Waals surface area contributed by atoms with E-state index in [4.69, 9.17) is 4.99 Å². The van der Waals surface area contributed by atoms with E-state index in [1.165, 1.54) is 5.57 Å². The summed E-state index contributed by atoms with van der Waals surface area (Å²) in [6, 6.07) is 6.00. The number of allylic oxidation sites excluding steroid dienone is 1. The van der Waals surface area contributed by atoms with Crippen LogP contribution in [0, 0.1) is 0 Å². The summed E-state index contributed by atoms with van der Waals surface area (Å²) in [5, 5.41) is 6.46. The van der Waals surface area contributed by atoms with Gasteiger partial charge in [-0.3, -0.25) is 4.79 Å². The van der Waals surface area contributed by atoms with Gasteiger partial charge >= 0.3 is 0 Å². The Morgan fingerprint density at radius 3 is 2.96 bits per heavy atom. The van der Waals surface area contributed by atoms with Crippen LogP contribution < -0.4 is 10.4 Å². The lowest BCUT2D eigenvalue weighted by Crippen LogP contribution is -2.26. The van der Waals surface area contributed by atoms with Crippen molar-refractivity contribution in [2.75, 3.05) is 0 Å². The molecule has 0 atom stereocenters. The Morgan fingerprint density at radius 2 is 2.17 bits per heavy atom. The number of nitrogens with zero attached hydrogens (tertiary/aromatic N) is 4. The molecule has 1 aliphatic heterocycles. The lowest BCUT2D eigenvalue weighted by Gasteiger charge is -2.07. The second-order valence-electron chi connectivity index (χ2n) is 6.34. The minimum absolute atomic E-state index is 0.231. The number of aliphatic imine (C=N–C) groups is 1. The molecule has 120 valence electrons. The van der Waals surface area contributed by atoms with Crippen LogP contribution in [0.1, 0.15) is 48.9 Å². The van der Waals surface area contributed by atoms with Crippen molar-refractivity contribution in [3.05, 3.63) is 58.0 Å². The number of fused-ring (bicyclic) bond motifs is 2. The van der Waals surface area contributed by atoms with Gasteiger partial charge in [0.1, 0.15) is 18.3 Å². The zero-order valence-corrected chi connectivity index (χ0v) is 13.7. The molecule has 4 rings (SSSR count). The number of aromatic nitrogens is 3. The van der Waals surface area contributed by atoms with Crippen LogP contribution in [0.25, 0.3) is 11.8 Å². The number of hydrogen-bond acceptors (Lipinski definition) is 4. The third-order valence-electron chi connectivity index (χ3n) is 4.38. The zero-order valence-electron chi connectivity index (χ0n) is 13.7. The Hall–Kier alpha value is -2.82. The van der Waals surface area contributed by atoms with Crippen LogP contribution in [0.3, 0.4) is 0 Å². The average molecular weight is 318 g/mol. The van der Waals surface area contributed by atoms with E-state index in [0.717, 1.165) is 46.8 Å². The van der Waals surface area contributed by atoms with E-state index in [9.17, 15) is 4.79 Å². The Morgan fingerprint density at radius 1 is 1.29 bits per heavy atom. The Labute approximate surface area is 139 Å². The fourth-order valence-corrected chi connectivity index (χ4v) is 3.23. The van der Waals surface area contributed by atoms with Crippen LogP contribution in [0.5, 0.6) is 0 Å². The summed E-state index contributed by atoms with van der Waals surface area (Å²) in [5.74, 6) is 0.799. The van der Waals surface area contributed by atoms with Crippen LogP contribution in [0.4, 0.5) is 0 Å². The number of aldehydes is 1. The fourth-order valence-electron chi connectivity index (χ4n) is 3.23. The Bertz CT molecular complexity index is 1010. The molecule has 0 unspecified atom stereocenters. The highest BCUT2D eigenvalue weighted by Crippen LogP contribution is 2.27. The SMILES string of the molecule is CC(C)n1ncnc1C1=NC2=c3ccc(C=O)cc3=CCCC2=C1. The molecule has 5 heteroatoms. The molecule has 0 spiro atoms. The highest BCUT2D eigenvalue weighted by molar-refractivity contribution is 6.13. The summed E-state index contributed by atoms with van der Waals surface area (Å²) in [7, 11) is 0. The minimum atomic E-state index is 0.231. The van der Waals surface area contributed by atoms with Gasteiger partial charge in [0.05, 0.1) is 5.70 Å². The highest BCUT2D eigenvalue weighted by atomic mass is 16.1. The van der Waals surface area contributed by atoms with E-state index in [2.05, 4.69) is 36.1 Å². The molecular formula is C19H18N4O. The summed E-state index contributed by atoms with van der Waals surface area (Å²) < 4.78 is 1.89. The van der Waals surface area contributed by atoms with Crippen molar-refractivity contribution in [1.29, 1.82) is 0 Å². The predicted molar refractivity (Wildman–Crippen MR) is 93.2 cm³/mol. The van der Waals surface area contributed by atoms with Gasteiger partial charge in [-0.1, -0.05) is 18.2 Å². The molecule has 0 radical (unpaired) electrons. The summed E-state index contributed by atoms with van der Waals surface area (Å²) >= 11 is 0. The number of rotatable bonds is 3. The van der Waals surface area contributed by atoms with Crippen molar-refractivity contribution in [3.8, 4) is 0 Å². The van der Waals surface area contributed by atoms with Crippen LogP contribution in [-0.4, -0.2) is 26.8 Å². The lowest BCUT2D eigenvalue weighted by molar-refractivity contribution is 0.112. The fraction of sp³-hybridized carbons (Fsp3) is 0.263. The third-order valence-corrected chi connectivity index (χ3v) is 4.38. The van der Waals surface area contributed by atoms with Crippen molar-refractivity contribution in [3.63, 3.8) is 0 Å². The normalized spacial score (nSPS) is 16.0. The first-order valence-corrected chi connectivity index (χ1v) is 8.16. The van der Waals surface area contributed by atoms with Gasteiger partial charge in [-0.05, 0) is 49.6 Å². The van der Waals surface area contributed by atoms with E-state index in [1.807, 2.05) is 22.9 Å². The molecule has 0 amide bonds. The maximum absolute atomic E-state index is 11.0. The predicted octanol–water partition coefficient (Wildman–Crippen LogP) is 1.78. The topological polar surface area (TPSA) is 60.1 Å². The second-order valence-corrected chi connectivity index (χ2v) is 6.34. The number of benzene rings is 1. The van der Waals surface area contributed by atoms with Crippen molar-refractivity contribution in [1.82, 2.24) is 14.8 Å². The molecule has 2 heterocycles. The standard InChI is InChI=1S/C19H18N4O/c1-12(2)23-19(20-11-21-23)17-9-15-5-3-4-14-8-13(10-24)6-7-16(14)18(15)22-17/h4,6-12H,3,5H2,1-2H3. The van der Waals surface area contributed by atoms with Gasteiger partial charge in [-0.15, -0.1) is 0 Å². The largest absolute Gasteiger partial charge is 0.298 e. The summed E-state index contributed by atoms with van der Waals surface area (Å²) in [6.07, 6.45) is 8.63. The molecule has 5 nitrogen and oxygen atoms in total. The number of carbonyl (C=O) groups is 1. The first-order valence-electron chi connectivity index (χ1n) is 8.16. The van der Waals surface area contributed by atoms with Crippen LogP contribution >= 0.6 is 0 Å². The first kappa shape index (κ1) is 14.8. The van der Waals surface area contributed by atoms with E-state index >= 15 is 0 Å². The number of hydrogen-bond donors (Lipinski definition) is 0. The first-order chi connectivity index (χ1) is 11.7. The van der Waals surface area contributed by atoms with Gasteiger partial charge in [-0.2, -0.15) is 5.10 Å². The third kappa shape index (κ3) is 2.33. The molecule has 0 fully saturated rings. The molecule has 2 aromatic rings. The van der Waals surface area contributed by atoms with Crippen LogP contribution in [-0.2, 0) is 0 Å². The summed E-state index contributed by atoms with van der Waals surface area (Å²) in [6.45, 7) is 4.16. The monoisotopic (exact) mass is 318 g/mol. The maximum atomic E-state index is 11.0. The van der Waals surface area contributed by atoms with Gasteiger partial charge in [0.25, 0.3) is 0 Å². The number of carbonyl (C=O) groups excluding carboxylic acids is 1. The molecule has 0 N–H and O–H groups in total. The van der Waals surface area contributed by atoms with E-state index in [0.29, 0.717) is 5.56 Å². The lowest BCUT2D eigenvalue weighted by atomic mass is 10.1. The molecule has 0 saturated carbocycles. The van der Waals surface area contributed by atoms with E-state index in [1.54, 1.807) is 6.33 Å². The van der Waals surface area contributed by atoms with Crippen molar-refractivity contribution in [2.45, 2.75) is 32.7 Å². The second kappa shape index (κ2) is 5.67. The molecule has 0 saturated heterocycles. The van der Waals surface area contributed by atoms with Crippen LogP contribution in [0.2, 0.25) is 0 Å². The van der Waals surface area contributed by atoms with Crippen LogP contribution in [0.15, 0.2) is 41.2 Å². The van der Waals surface area contributed by atoms with Crippen molar-refractivity contribution >= 4 is 23.8 Å². The molecule has 1 aromatic heterocycles. The van der Waals surface area contributed by atoms with Gasteiger partial charge in [0.2, 0.25) is 0 Å². The Kier molecular flexibility index (Phi) is 3.49. The van der Waals surface area contributed by atoms with Crippen molar-refractivity contribution in [2.24, 2.45) is 4.99 Å².